The average molecular weight is 396 g/mol. The number of carboxylic acid groups (broad SMARTS) is 1. The fourth-order valence-electron chi connectivity index (χ4n) is 3.44. The Hall–Kier alpha value is -4.04. The van der Waals surface area contributed by atoms with Crippen molar-refractivity contribution in [3.8, 4) is 11.8 Å². The van der Waals surface area contributed by atoms with Crippen molar-refractivity contribution in [1.82, 2.24) is 9.55 Å². The summed E-state index contributed by atoms with van der Waals surface area (Å²) in [7, 11) is 1.89. The Balaban J connectivity index is 1.61. The minimum absolute atomic E-state index is 0.0437. The first-order valence-corrected chi connectivity index (χ1v) is 9.57. The summed E-state index contributed by atoms with van der Waals surface area (Å²) in [6, 6.07) is 18.4. The molecule has 0 bridgehead atoms. The molecule has 0 amide bonds. The number of aromatic amines is 1. The van der Waals surface area contributed by atoms with Gasteiger partial charge in [0.2, 0.25) is 0 Å². The van der Waals surface area contributed by atoms with Gasteiger partial charge in [0.15, 0.2) is 5.43 Å². The lowest BCUT2D eigenvalue weighted by atomic mass is 10.0. The molecule has 0 saturated carbocycles. The summed E-state index contributed by atoms with van der Waals surface area (Å²) in [6.45, 7) is 0. The predicted molar refractivity (Wildman–Crippen MR) is 117 cm³/mol. The minimum atomic E-state index is -0.966. The number of benzene rings is 2. The zero-order valence-electron chi connectivity index (χ0n) is 16.5. The minimum Gasteiger partial charge on any atom is -0.478 e. The second-order valence-corrected chi connectivity index (χ2v) is 7.18. The third kappa shape index (κ3) is 4.03. The molecule has 0 aliphatic carbocycles. The van der Waals surface area contributed by atoms with Crippen molar-refractivity contribution < 1.29 is 9.90 Å². The van der Waals surface area contributed by atoms with Crippen LogP contribution >= 0.6 is 0 Å². The highest BCUT2D eigenvalue weighted by Gasteiger charge is 2.11. The molecule has 4 aromatic rings. The van der Waals surface area contributed by atoms with E-state index in [1.165, 1.54) is 0 Å². The summed E-state index contributed by atoms with van der Waals surface area (Å²) in [4.78, 5) is 27.2. The van der Waals surface area contributed by atoms with E-state index in [0.29, 0.717) is 29.5 Å². The van der Waals surface area contributed by atoms with Crippen molar-refractivity contribution in [2.75, 3.05) is 0 Å². The van der Waals surface area contributed by atoms with Crippen LogP contribution in [0.25, 0.3) is 11.0 Å². The first-order chi connectivity index (χ1) is 14.5. The topological polar surface area (TPSA) is 75.1 Å². The second-order valence-electron chi connectivity index (χ2n) is 7.18. The smallest absolute Gasteiger partial charge is 0.335 e. The molecule has 0 aliphatic rings. The zero-order chi connectivity index (χ0) is 21.1. The van der Waals surface area contributed by atoms with Gasteiger partial charge in [-0.3, -0.25) is 4.79 Å². The number of nitrogens with one attached hydrogen (secondary N) is 1. The molecule has 5 nitrogen and oxygen atoms in total. The molecule has 0 aliphatic heterocycles. The third-order valence-corrected chi connectivity index (χ3v) is 4.99. The van der Waals surface area contributed by atoms with E-state index >= 15 is 0 Å². The molecule has 0 atom stereocenters. The molecule has 0 radical (unpaired) electrons. The molecule has 0 unspecified atom stereocenters. The van der Waals surface area contributed by atoms with Crippen LogP contribution in [0.15, 0.2) is 71.7 Å². The van der Waals surface area contributed by atoms with Gasteiger partial charge in [-0.05, 0) is 35.2 Å². The van der Waals surface area contributed by atoms with Crippen LogP contribution in [0, 0.1) is 11.8 Å². The number of carboxylic acids is 1. The van der Waals surface area contributed by atoms with Crippen molar-refractivity contribution >= 4 is 17.0 Å². The quantitative estimate of drug-likeness (QED) is 0.516. The maximum Gasteiger partial charge on any atom is 0.335 e. The zero-order valence-corrected chi connectivity index (χ0v) is 16.5. The van der Waals surface area contributed by atoms with Gasteiger partial charge in [-0.25, -0.2) is 4.79 Å². The lowest BCUT2D eigenvalue weighted by Crippen LogP contribution is -2.13. The van der Waals surface area contributed by atoms with E-state index in [0.717, 1.165) is 16.8 Å². The highest BCUT2D eigenvalue weighted by molar-refractivity contribution is 5.87. The Kier molecular flexibility index (Phi) is 5.23. The Morgan fingerprint density at radius 3 is 2.50 bits per heavy atom. The first-order valence-electron chi connectivity index (χ1n) is 9.57. The van der Waals surface area contributed by atoms with E-state index < -0.39 is 5.97 Å². The molecule has 0 spiro atoms. The Bertz CT molecular complexity index is 1330. The fraction of sp³-hybridized carbons (Fsp3) is 0.120. The monoisotopic (exact) mass is 396 g/mol. The second kappa shape index (κ2) is 8.14. The molecule has 2 aromatic heterocycles. The van der Waals surface area contributed by atoms with Gasteiger partial charge < -0.3 is 14.7 Å². The highest BCUT2D eigenvalue weighted by Crippen LogP contribution is 2.15. The molecule has 30 heavy (non-hydrogen) atoms. The SMILES string of the molecule is Cn1cc(Cc2ccc(C(=O)O)cc2)c(=O)c2cc(C#CCc3ccccc3)[nH]c21. The number of carbonyl (C=O) groups is 1. The number of aryl methyl sites for hydroxylation is 1. The lowest BCUT2D eigenvalue weighted by molar-refractivity contribution is 0.0697. The fourth-order valence-corrected chi connectivity index (χ4v) is 3.44. The number of H-pyrrole nitrogens is 1. The van der Waals surface area contributed by atoms with Gasteiger partial charge in [0.25, 0.3) is 0 Å². The standard InChI is InChI=1S/C25H20N2O3/c1-27-16-20(14-18-10-12-19(13-11-18)25(29)30)23(28)22-15-21(26-24(22)27)9-5-8-17-6-3-2-4-7-17/h2-4,6-7,10-13,15-16,26H,8,14H2,1H3,(H,29,30). The molecular formula is C25H20N2O3. The number of rotatable bonds is 4. The van der Waals surface area contributed by atoms with E-state index in [2.05, 4.69) is 16.8 Å². The molecule has 5 heteroatoms. The van der Waals surface area contributed by atoms with Crippen LogP contribution in [0.4, 0.5) is 0 Å². The molecular weight excluding hydrogens is 376 g/mol. The van der Waals surface area contributed by atoms with Crippen molar-refractivity contribution in [2.45, 2.75) is 12.8 Å². The number of aromatic nitrogens is 2. The normalized spacial score (nSPS) is 10.6. The molecule has 2 aromatic carbocycles. The highest BCUT2D eigenvalue weighted by atomic mass is 16.4. The largest absolute Gasteiger partial charge is 0.478 e. The van der Waals surface area contributed by atoms with Gasteiger partial charge in [0.1, 0.15) is 5.65 Å². The number of pyridine rings is 1. The maximum absolute atomic E-state index is 13.0. The molecule has 2 N–H and O–H groups in total. The number of hydrogen-bond acceptors (Lipinski definition) is 2. The van der Waals surface area contributed by atoms with Crippen LogP contribution in [-0.4, -0.2) is 20.6 Å². The summed E-state index contributed by atoms with van der Waals surface area (Å²) in [5.74, 6) is 5.29. The molecule has 4 rings (SSSR count). The summed E-state index contributed by atoms with van der Waals surface area (Å²) in [6.07, 6.45) is 2.89. The van der Waals surface area contributed by atoms with E-state index in [1.54, 1.807) is 30.3 Å². The van der Waals surface area contributed by atoms with Crippen LogP contribution < -0.4 is 5.43 Å². The maximum atomic E-state index is 13.0. The number of hydrogen-bond donors (Lipinski definition) is 2. The number of fused-ring (bicyclic) bond motifs is 1. The van der Waals surface area contributed by atoms with Gasteiger partial charge >= 0.3 is 5.97 Å². The number of aromatic carboxylic acids is 1. The van der Waals surface area contributed by atoms with Crippen LogP contribution in [0.2, 0.25) is 0 Å². The summed E-state index contributed by atoms with van der Waals surface area (Å²) < 4.78 is 1.89. The molecule has 0 fully saturated rings. The van der Waals surface area contributed by atoms with Gasteiger partial charge in [0, 0.05) is 31.6 Å². The summed E-state index contributed by atoms with van der Waals surface area (Å²) in [5, 5.41) is 9.62. The van der Waals surface area contributed by atoms with Crippen LogP contribution in [-0.2, 0) is 19.9 Å². The van der Waals surface area contributed by atoms with E-state index in [9.17, 15) is 9.59 Å². The number of nitrogens with zero attached hydrogens (tertiary/aromatic N) is 1. The van der Waals surface area contributed by atoms with Crippen molar-refractivity contribution in [2.24, 2.45) is 7.05 Å². The van der Waals surface area contributed by atoms with Gasteiger partial charge in [-0.1, -0.05) is 48.4 Å². The van der Waals surface area contributed by atoms with Crippen molar-refractivity contribution in [3.63, 3.8) is 0 Å². The van der Waals surface area contributed by atoms with E-state index in [-0.39, 0.29) is 11.0 Å². The molecule has 148 valence electrons. The lowest BCUT2D eigenvalue weighted by Gasteiger charge is -2.06. The Morgan fingerprint density at radius 1 is 1.07 bits per heavy atom. The van der Waals surface area contributed by atoms with Crippen molar-refractivity contribution in [3.05, 3.63) is 105 Å². The average Bonchev–Trinajstić information content (AvgIpc) is 3.18. The van der Waals surface area contributed by atoms with Gasteiger partial charge in [-0.15, -0.1) is 0 Å². The van der Waals surface area contributed by atoms with E-state index in [1.807, 2.05) is 48.1 Å². The third-order valence-electron chi connectivity index (χ3n) is 4.99. The summed E-state index contributed by atoms with van der Waals surface area (Å²) in [5.41, 5.74) is 4.30. The Morgan fingerprint density at radius 2 is 1.80 bits per heavy atom. The van der Waals surface area contributed by atoms with E-state index in [4.69, 9.17) is 5.11 Å². The van der Waals surface area contributed by atoms with Crippen LogP contribution in [0.1, 0.15) is 32.7 Å². The predicted octanol–water partition coefficient (Wildman–Crippen LogP) is 3.75. The van der Waals surface area contributed by atoms with Crippen molar-refractivity contribution in [1.29, 1.82) is 0 Å². The van der Waals surface area contributed by atoms with Gasteiger partial charge in [-0.2, -0.15) is 0 Å². The summed E-state index contributed by atoms with van der Waals surface area (Å²) >= 11 is 0. The molecule has 2 heterocycles. The molecule has 0 saturated heterocycles. The Labute approximate surface area is 173 Å². The van der Waals surface area contributed by atoms with Crippen LogP contribution in [0.3, 0.4) is 0 Å². The first kappa shape index (κ1) is 19.3. The van der Waals surface area contributed by atoms with Crippen LogP contribution in [0.5, 0.6) is 0 Å². The van der Waals surface area contributed by atoms with Gasteiger partial charge in [0.05, 0.1) is 16.6 Å².